The number of sulfonamides is 1. The van der Waals surface area contributed by atoms with Gasteiger partial charge in [-0.05, 0) is 30.3 Å². The average molecular weight is 419 g/mol. The highest BCUT2D eigenvalue weighted by Gasteiger charge is 2.49. The third-order valence-corrected chi connectivity index (χ3v) is 6.49. The van der Waals surface area contributed by atoms with E-state index in [9.17, 15) is 22.3 Å². The van der Waals surface area contributed by atoms with Crippen LogP contribution in [0.25, 0.3) is 0 Å². The number of hydrogen-bond acceptors (Lipinski definition) is 6. The molecule has 1 N–H and O–H groups in total. The zero-order valence-corrected chi connectivity index (χ0v) is 15.8. The highest BCUT2D eigenvalue weighted by molar-refractivity contribution is 7.89. The molecule has 2 aromatic carbocycles. The van der Waals surface area contributed by atoms with Crippen LogP contribution in [-0.4, -0.2) is 44.1 Å². The first-order chi connectivity index (χ1) is 13.7. The van der Waals surface area contributed by atoms with Crippen molar-refractivity contribution in [2.24, 2.45) is 5.41 Å². The molecule has 10 heteroatoms. The van der Waals surface area contributed by atoms with Gasteiger partial charge in [-0.2, -0.15) is 14.8 Å². The monoisotopic (exact) mass is 419 g/mol. The summed E-state index contributed by atoms with van der Waals surface area (Å²) in [6.07, 6.45) is 0. The minimum absolute atomic E-state index is 0.0879. The quantitative estimate of drug-likeness (QED) is 0.763. The summed E-state index contributed by atoms with van der Waals surface area (Å²) in [4.78, 5) is -0.317. The Morgan fingerprint density at radius 3 is 2.38 bits per heavy atom. The fourth-order valence-corrected chi connectivity index (χ4v) is 4.76. The molecule has 0 aromatic heterocycles. The summed E-state index contributed by atoms with van der Waals surface area (Å²) in [5.74, 6) is -1.33. The van der Waals surface area contributed by atoms with Gasteiger partial charge in [0.15, 0.2) is 0 Å². The first-order valence-electron chi connectivity index (χ1n) is 8.38. The van der Waals surface area contributed by atoms with Crippen LogP contribution in [0.15, 0.2) is 41.3 Å². The average Bonchev–Trinajstić information content (AvgIpc) is 2.67. The minimum Gasteiger partial charge on any atom is -0.493 e. The van der Waals surface area contributed by atoms with Gasteiger partial charge in [0.1, 0.15) is 34.4 Å². The molecule has 3 rings (SSSR count). The topological polar surface area (TPSA) is 114 Å². The van der Waals surface area contributed by atoms with E-state index in [-0.39, 0.29) is 48.1 Å². The second-order valence-electron chi connectivity index (χ2n) is 6.73. The SMILES string of the molecule is N#Cc1ccc(OCC2(CO)CN(S(=O)(=O)c3ccc(F)cc3C#N)C2)cc1F. The van der Waals surface area contributed by atoms with Crippen LogP contribution in [0, 0.1) is 39.7 Å². The summed E-state index contributed by atoms with van der Waals surface area (Å²) in [6.45, 7) is -0.651. The van der Waals surface area contributed by atoms with Crippen LogP contribution in [0.1, 0.15) is 11.1 Å². The van der Waals surface area contributed by atoms with Gasteiger partial charge >= 0.3 is 0 Å². The van der Waals surface area contributed by atoms with Gasteiger partial charge in [-0.3, -0.25) is 0 Å². The van der Waals surface area contributed by atoms with Crippen molar-refractivity contribution in [3.05, 3.63) is 59.2 Å². The number of rotatable bonds is 6. The van der Waals surface area contributed by atoms with Crippen molar-refractivity contribution in [2.75, 3.05) is 26.3 Å². The lowest BCUT2D eigenvalue weighted by Crippen LogP contribution is -2.62. The van der Waals surface area contributed by atoms with E-state index in [0.29, 0.717) is 0 Å². The lowest BCUT2D eigenvalue weighted by Gasteiger charge is -2.47. The Morgan fingerprint density at radius 1 is 1.10 bits per heavy atom. The van der Waals surface area contributed by atoms with E-state index in [4.69, 9.17) is 15.3 Å². The van der Waals surface area contributed by atoms with E-state index >= 15 is 0 Å². The molecule has 2 aromatic rings. The standard InChI is InChI=1S/C19H15F2N3O4S/c20-15-2-4-18(14(5-15)8-23)29(26,27)24-9-19(10-24,11-25)12-28-16-3-1-13(7-22)17(21)6-16/h1-6,25H,9-12H2. The molecule has 0 saturated carbocycles. The van der Waals surface area contributed by atoms with Crippen LogP contribution in [-0.2, 0) is 10.0 Å². The summed E-state index contributed by atoms with van der Waals surface area (Å²) in [6, 6.07) is 9.87. The van der Waals surface area contributed by atoms with Crippen molar-refractivity contribution in [3.63, 3.8) is 0 Å². The maximum absolute atomic E-state index is 13.7. The molecule has 1 aliphatic rings. The molecule has 0 atom stereocenters. The molecular weight excluding hydrogens is 404 g/mol. The van der Waals surface area contributed by atoms with Crippen molar-refractivity contribution in [1.82, 2.24) is 4.31 Å². The van der Waals surface area contributed by atoms with Gasteiger partial charge in [0.25, 0.3) is 0 Å². The van der Waals surface area contributed by atoms with Gasteiger partial charge in [-0.1, -0.05) is 0 Å². The minimum atomic E-state index is -4.06. The zero-order chi connectivity index (χ0) is 21.2. The number of ether oxygens (including phenoxy) is 1. The first-order valence-corrected chi connectivity index (χ1v) is 9.82. The van der Waals surface area contributed by atoms with E-state index in [0.717, 1.165) is 28.6 Å². The van der Waals surface area contributed by atoms with Gasteiger partial charge in [0.05, 0.1) is 29.8 Å². The van der Waals surface area contributed by atoms with E-state index < -0.39 is 27.1 Å². The molecule has 7 nitrogen and oxygen atoms in total. The Balaban J connectivity index is 1.72. The lowest BCUT2D eigenvalue weighted by atomic mass is 9.83. The van der Waals surface area contributed by atoms with Crippen LogP contribution < -0.4 is 4.74 Å². The fourth-order valence-electron chi connectivity index (χ4n) is 2.98. The predicted molar refractivity (Wildman–Crippen MR) is 96.0 cm³/mol. The largest absolute Gasteiger partial charge is 0.493 e. The maximum atomic E-state index is 13.7. The number of benzene rings is 2. The fraction of sp³-hybridized carbons (Fsp3) is 0.263. The molecule has 0 bridgehead atoms. The summed E-state index contributed by atoms with van der Waals surface area (Å²) in [5.41, 5.74) is -1.36. The van der Waals surface area contributed by atoms with Gasteiger partial charge < -0.3 is 9.84 Å². The van der Waals surface area contributed by atoms with E-state index in [1.807, 2.05) is 0 Å². The third kappa shape index (κ3) is 3.91. The van der Waals surface area contributed by atoms with Crippen molar-refractivity contribution >= 4 is 10.0 Å². The summed E-state index contributed by atoms with van der Waals surface area (Å²) < 4.78 is 59.0. The Morgan fingerprint density at radius 2 is 1.79 bits per heavy atom. The van der Waals surface area contributed by atoms with E-state index in [2.05, 4.69) is 0 Å². The summed E-state index contributed by atoms with van der Waals surface area (Å²) in [7, 11) is -4.06. The molecule has 0 aliphatic carbocycles. The number of nitrogens with zero attached hydrogens (tertiary/aromatic N) is 3. The van der Waals surface area contributed by atoms with Gasteiger partial charge in [0, 0.05) is 19.2 Å². The number of hydrogen-bond donors (Lipinski definition) is 1. The highest BCUT2D eigenvalue weighted by Crippen LogP contribution is 2.36. The molecular formula is C19H15F2N3O4S. The van der Waals surface area contributed by atoms with Crippen LogP contribution in [0.3, 0.4) is 0 Å². The number of nitriles is 2. The second-order valence-corrected chi connectivity index (χ2v) is 8.63. The van der Waals surface area contributed by atoms with Crippen molar-refractivity contribution in [1.29, 1.82) is 10.5 Å². The number of aliphatic hydroxyl groups excluding tert-OH is 1. The van der Waals surface area contributed by atoms with Crippen LogP contribution >= 0.6 is 0 Å². The third-order valence-electron chi connectivity index (χ3n) is 4.64. The van der Waals surface area contributed by atoms with Crippen LogP contribution in [0.4, 0.5) is 8.78 Å². The summed E-state index contributed by atoms with van der Waals surface area (Å²) >= 11 is 0. The number of halogens is 2. The van der Waals surface area contributed by atoms with Gasteiger partial charge in [-0.25, -0.2) is 17.2 Å². The van der Waals surface area contributed by atoms with Gasteiger partial charge in [-0.15, -0.1) is 0 Å². The second kappa shape index (κ2) is 7.76. The normalized spacial score (nSPS) is 15.8. The maximum Gasteiger partial charge on any atom is 0.244 e. The first kappa shape index (κ1) is 20.7. The summed E-state index contributed by atoms with van der Waals surface area (Å²) in [5, 5.41) is 27.5. The Bertz CT molecular complexity index is 1130. The highest BCUT2D eigenvalue weighted by atomic mass is 32.2. The Hall–Kier alpha value is -3.05. The lowest BCUT2D eigenvalue weighted by molar-refractivity contribution is -0.0273. The smallest absolute Gasteiger partial charge is 0.244 e. The predicted octanol–water partition coefficient (Wildman–Crippen LogP) is 1.77. The Kier molecular flexibility index (Phi) is 5.53. The molecule has 0 amide bonds. The van der Waals surface area contributed by atoms with E-state index in [1.54, 1.807) is 12.1 Å². The van der Waals surface area contributed by atoms with Crippen LogP contribution in [0.5, 0.6) is 5.75 Å². The molecule has 0 radical (unpaired) electrons. The molecule has 0 unspecified atom stereocenters. The molecule has 1 aliphatic heterocycles. The van der Waals surface area contributed by atoms with Gasteiger partial charge in [0.2, 0.25) is 10.0 Å². The molecule has 0 spiro atoms. The van der Waals surface area contributed by atoms with Crippen molar-refractivity contribution in [3.8, 4) is 17.9 Å². The van der Waals surface area contributed by atoms with Crippen molar-refractivity contribution in [2.45, 2.75) is 4.90 Å². The molecule has 1 saturated heterocycles. The zero-order valence-electron chi connectivity index (χ0n) is 15.0. The molecule has 29 heavy (non-hydrogen) atoms. The number of aliphatic hydroxyl groups is 1. The Labute approximate surface area is 166 Å². The molecule has 150 valence electrons. The molecule has 1 heterocycles. The van der Waals surface area contributed by atoms with E-state index in [1.165, 1.54) is 12.1 Å². The van der Waals surface area contributed by atoms with Crippen molar-refractivity contribution < 1.29 is 27.0 Å². The van der Waals surface area contributed by atoms with Crippen LogP contribution in [0.2, 0.25) is 0 Å². The molecule has 1 fully saturated rings.